The lowest BCUT2D eigenvalue weighted by Crippen LogP contribution is -2.47. The molecule has 1 N–H and O–H groups in total. The minimum atomic E-state index is -0.0341. The molecule has 3 aliphatic rings. The molecule has 13 heavy (non-hydrogen) atoms. The monoisotopic (exact) mass is 181 g/mol. The summed E-state index contributed by atoms with van der Waals surface area (Å²) in [6, 6.07) is 0. The van der Waals surface area contributed by atoms with E-state index in [1.807, 2.05) is 0 Å². The van der Waals surface area contributed by atoms with Gasteiger partial charge in [0.2, 0.25) is 5.96 Å². The molecule has 0 unspecified atom stereocenters. The molecule has 1 spiro atoms. The van der Waals surface area contributed by atoms with Crippen molar-refractivity contribution in [3.63, 3.8) is 0 Å². The van der Waals surface area contributed by atoms with E-state index >= 15 is 0 Å². The maximum absolute atomic E-state index is 5.69. The Hall–Kier alpha value is -0.770. The van der Waals surface area contributed by atoms with Crippen molar-refractivity contribution in [1.82, 2.24) is 10.4 Å². The van der Waals surface area contributed by atoms with Gasteiger partial charge < -0.3 is 4.90 Å². The summed E-state index contributed by atoms with van der Waals surface area (Å²) in [5.41, 5.74) is 2.92. The molecule has 2 fully saturated rings. The number of hydroxylamine groups is 1. The van der Waals surface area contributed by atoms with Crippen LogP contribution in [-0.2, 0) is 4.84 Å². The number of hydrogen-bond donors (Lipinski definition) is 1. The number of nitrogens with one attached hydrogen (secondary N) is 1. The van der Waals surface area contributed by atoms with E-state index in [-0.39, 0.29) is 5.72 Å². The topological polar surface area (TPSA) is 36.9 Å². The SMILES string of the molecule is C1CCC2(CC1)ONC1=NCCN12. The lowest BCUT2D eigenvalue weighted by atomic mass is 9.91. The molecule has 0 radical (unpaired) electrons. The van der Waals surface area contributed by atoms with Crippen LogP contribution in [0.3, 0.4) is 0 Å². The van der Waals surface area contributed by atoms with Crippen molar-refractivity contribution in [2.45, 2.75) is 37.8 Å². The molecule has 1 aliphatic carbocycles. The van der Waals surface area contributed by atoms with Crippen molar-refractivity contribution < 1.29 is 4.84 Å². The standard InChI is InChI=1S/C9H15N3O/c1-2-4-9(5-3-1)12-7-6-10-8(12)11-13-9/h1-7H2,(H,10,11). The van der Waals surface area contributed by atoms with E-state index in [1.165, 1.54) is 19.3 Å². The van der Waals surface area contributed by atoms with Crippen LogP contribution in [0, 0.1) is 0 Å². The largest absolute Gasteiger partial charge is 0.309 e. The van der Waals surface area contributed by atoms with Crippen molar-refractivity contribution in [2.75, 3.05) is 13.1 Å². The van der Waals surface area contributed by atoms with Gasteiger partial charge in [0.05, 0.1) is 6.54 Å². The minimum absolute atomic E-state index is 0.0341. The van der Waals surface area contributed by atoms with Crippen LogP contribution in [0.2, 0.25) is 0 Å². The predicted octanol–water partition coefficient (Wildman–Crippen LogP) is 0.853. The zero-order valence-corrected chi connectivity index (χ0v) is 7.75. The van der Waals surface area contributed by atoms with Crippen LogP contribution in [0.15, 0.2) is 4.99 Å². The first kappa shape index (κ1) is 7.62. The first-order valence-corrected chi connectivity index (χ1v) is 5.17. The highest BCUT2D eigenvalue weighted by molar-refractivity contribution is 5.82. The van der Waals surface area contributed by atoms with E-state index in [1.54, 1.807) is 0 Å². The van der Waals surface area contributed by atoms with Gasteiger partial charge in [-0.25, -0.2) is 15.3 Å². The lowest BCUT2D eigenvalue weighted by Gasteiger charge is -2.37. The first-order chi connectivity index (χ1) is 6.41. The van der Waals surface area contributed by atoms with Gasteiger partial charge in [0, 0.05) is 6.54 Å². The zero-order valence-electron chi connectivity index (χ0n) is 7.75. The summed E-state index contributed by atoms with van der Waals surface area (Å²) in [7, 11) is 0. The van der Waals surface area contributed by atoms with Crippen molar-refractivity contribution in [3.05, 3.63) is 0 Å². The van der Waals surface area contributed by atoms with Crippen LogP contribution in [-0.4, -0.2) is 29.7 Å². The van der Waals surface area contributed by atoms with Crippen LogP contribution in [0.4, 0.5) is 0 Å². The highest BCUT2D eigenvalue weighted by atomic mass is 16.7. The van der Waals surface area contributed by atoms with Gasteiger partial charge in [0.1, 0.15) is 0 Å². The molecule has 4 heteroatoms. The van der Waals surface area contributed by atoms with Crippen molar-refractivity contribution in [1.29, 1.82) is 0 Å². The molecule has 2 heterocycles. The number of aliphatic imine (C=N–C) groups is 1. The van der Waals surface area contributed by atoms with Crippen LogP contribution < -0.4 is 5.48 Å². The van der Waals surface area contributed by atoms with Gasteiger partial charge in [0.25, 0.3) is 0 Å². The Morgan fingerprint density at radius 2 is 2.15 bits per heavy atom. The molecule has 0 bridgehead atoms. The van der Waals surface area contributed by atoms with Gasteiger partial charge in [-0.05, 0) is 25.7 Å². The molecule has 1 saturated carbocycles. The van der Waals surface area contributed by atoms with Crippen molar-refractivity contribution >= 4 is 5.96 Å². The lowest BCUT2D eigenvalue weighted by molar-refractivity contribution is -0.132. The Labute approximate surface area is 77.9 Å². The zero-order chi connectivity index (χ0) is 8.73. The van der Waals surface area contributed by atoms with E-state index in [4.69, 9.17) is 4.84 Å². The fraction of sp³-hybridized carbons (Fsp3) is 0.889. The number of hydrogen-bond acceptors (Lipinski definition) is 4. The first-order valence-electron chi connectivity index (χ1n) is 5.17. The summed E-state index contributed by atoms with van der Waals surface area (Å²) in [4.78, 5) is 12.4. The van der Waals surface area contributed by atoms with E-state index in [0.717, 1.165) is 31.9 Å². The Morgan fingerprint density at radius 1 is 1.31 bits per heavy atom. The quantitative estimate of drug-likeness (QED) is 0.602. The fourth-order valence-corrected chi connectivity index (χ4v) is 2.60. The molecular formula is C9H15N3O. The molecule has 2 aliphatic heterocycles. The molecule has 4 nitrogen and oxygen atoms in total. The van der Waals surface area contributed by atoms with Gasteiger partial charge >= 0.3 is 0 Å². The summed E-state index contributed by atoms with van der Waals surface area (Å²) < 4.78 is 0. The molecule has 3 rings (SSSR count). The molecule has 0 amide bonds. The Bertz CT molecular complexity index is 245. The van der Waals surface area contributed by atoms with Crippen LogP contribution in [0.1, 0.15) is 32.1 Å². The third-order valence-corrected chi connectivity index (χ3v) is 3.30. The minimum Gasteiger partial charge on any atom is -0.309 e. The molecule has 0 aromatic heterocycles. The Balaban J connectivity index is 1.86. The third kappa shape index (κ3) is 0.981. The molecule has 72 valence electrons. The number of nitrogens with zero attached hydrogens (tertiary/aromatic N) is 2. The van der Waals surface area contributed by atoms with Gasteiger partial charge in [0.15, 0.2) is 5.72 Å². The van der Waals surface area contributed by atoms with Gasteiger partial charge in [-0.3, -0.25) is 0 Å². The molecule has 0 atom stereocenters. The van der Waals surface area contributed by atoms with E-state index in [0.29, 0.717) is 0 Å². The number of rotatable bonds is 0. The Kier molecular flexibility index (Phi) is 1.53. The van der Waals surface area contributed by atoms with E-state index < -0.39 is 0 Å². The van der Waals surface area contributed by atoms with E-state index in [2.05, 4.69) is 15.4 Å². The maximum Gasteiger partial charge on any atom is 0.220 e. The highest BCUT2D eigenvalue weighted by Crippen LogP contribution is 2.37. The normalized spacial score (nSPS) is 30.2. The molecule has 1 saturated heterocycles. The van der Waals surface area contributed by atoms with E-state index in [9.17, 15) is 0 Å². The van der Waals surface area contributed by atoms with Gasteiger partial charge in [-0.1, -0.05) is 6.42 Å². The summed E-state index contributed by atoms with van der Waals surface area (Å²) in [5.74, 6) is 0.960. The smallest absolute Gasteiger partial charge is 0.220 e. The molecule has 0 aromatic rings. The van der Waals surface area contributed by atoms with Crippen molar-refractivity contribution in [3.8, 4) is 0 Å². The number of fused-ring (bicyclic) bond motifs is 2. The summed E-state index contributed by atoms with van der Waals surface area (Å²) in [6.45, 7) is 1.95. The van der Waals surface area contributed by atoms with Crippen molar-refractivity contribution in [2.24, 2.45) is 4.99 Å². The predicted molar refractivity (Wildman–Crippen MR) is 49.0 cm³/mol. The Morgan fingerprint density at radius 3 is 3.00 bits per heavy atom. The second-order valence-corrected chi connectivity index (χ2v) is 4.07. The summed E-state index contributed by atoms with van der Waals surface area (Å²) in [5, 5.41) is 0. The average Bonchev–Trinajstić information content (AvgIpc) is 2.73. The maximum atomic E-state index is 5.69. The third-order valence-electron chi connectivity index (χ3n) is 3.30. The highest BCUT2D eigenvalue weighted by Gasteiger charge is 2.47. The van der Waals surface area contributed by atoms with Crippen LogP contribution >= 0.6 is 0 Å². The fourth-order valence-electron chi connectivity index (χ4n) is 2.60. The molecule has 0 aromatic carbocycles. The summed E-state index contributed by atoms with van der Waals surface area (Å²) in [6.07, 6.45) is 6.22. The average molecular weight is 181 g/mol. The second kappa shape index (κ2) is 2.61. The van der Waals surface area contributed by atoms with Gasteiger partial charge in [-0.2, -0.15) is 0 Å². The summed E-state index contributed by atoms with van der Waals surface area (Å²) >= 11 is 0. The molecular weight excluding hydrogens is 166 g/mol. The van der Waals surface area contributed by atoms with Crippen LogP contribution in [0.25, 0.3) is 0 Å². The van der Waals surface area contributed by atoms with Gasteiger partial charge in [-0.15, -0.1) is 0 Å². The van der Waals surface area contributed by atoms with Crippen LogP contribution in [0.5, 0.6) is 0 Å². The second-order valence-electron chi connectivity index (χ2n) is 4.07. The number of guanidine groups is 1.